The lowest BCUT2D eigenvalue weighted by Gasteiger charge is -2.44. The van der Waals surface area contributed by atoms with Crippen molar-refractivity contribution in [2.75, 3.05) is 26.9 Å². The van der Waals surface area contributed by atoms with Crippen LogP contribution in [0.3, 0.4) is 0 Å². The molecular formula is C36H54O12. The lowest BCUT2D eigenvalue weighted by Crippen LogP contribution is -2.62. The van der Waals surface area contributed by atoms with Gasteiger partial charge < -0.3 is 43.0 Å². The van der Waals surface area contributed by atoms with Crippen molar-refractivity contribution in [2.24, 2.45) is 16.2 Å². The Hall–Kier alpha value is -3.19. The Labute approximate surface area is 284 Å². The van der Waals surface area contributed by atoms with Crippen LogP contribution >= 0.6 is 0 Å². The molecule has 12 nitrogen and oxygen atoms in total. The molecule has 0 radical (unpaired) electrons. The predicted octanol–water partition coefficient (Wildman–Crippen LogP) is 5.22. The Morgan fingerprint density at radius 1 is 0.875 bits per heavy atom. The van der Waals surface area contributed by atoms with Crippen molar-refractivity contribution in [3.8, 4) is 11.5 Å². The highest BCUT2D eigenvalue weighted by Gasteiger charge is 2.52. The second-order valence-electron chi connectivity index (χ2n) is 15.2. The second-order valence-corrected chi connectivity index (χ2v) is 15.2. The molecule has 12 heteroatoms. The number of rotatable bonds is 11. The van der Waals surface area contributed by atoms with Crippen molar-refractivity contribution < 1.29 is 57.4 Å². The van der Waals surface area contributed by atoms with Crippen LogP contribution in [0.1, 0.15) is 87.1 Å². The molecule has 6 atom stereocenters. The van der Waals surface area contributed by atoms with Crippen LogP contribution in [0, 0.1) is 16.2 Å². The summed E-state index contributed by atoms with van der Waals surface area (Å²) in [5.41, 5.74) is -1.88. The number of aliphatic hydroxyl groups is 1. The summed E-state index contributed by atoms with van der Waals surface area (Å²) < 4.78 is 46.3. The van der Waals surface area contributed by atoms with Gasteiger partial charge in [-0.15, -0.1) is 0 Å². The maximum absolute atomic E-state index is 13.0. The molecule has 0 aliphatic carbocycles. The van der Waals surface area contributed by atoms with Gasteiger partial charge in [-0.1, -0.05) is 18.2 Å². The quantitative estimate of drug-likeness (QED) is 0.242. The van der Waals surface area contributed by atoms with Gasteiger partial charge in [0.25, 0.3) is 0 Å². The van der Waals surface area contributed by atoms with E-state index in [-0.39, 0.29) is 19.5 Å². The van der Waals surface area contributed by atoms with Gasteiger partial charge in [0.15, 0.2) is 36.3 Å². The van der Waals surface area contributed by atoms with E-state index in [0.717, 1.165) is 24.8 Å². The number of ether oxygens (including phenoxy) is 8. The van der Waals surface area contributed by atoms with Crippen molar-refractivity contribution >= 4 is 24.0 Å². The third-order valence-electron chi connectivity index (χ3n) is 7.57. The highest BCUT2D eigenvalue weighted by molar-refractivity contribution is 5.77. The van der Waals surface area contributed by atoms with Gasteiger partial charge in [-0.05, 0) is 92.9 Å². The van der Waals surface area contributed by atoms with E-state index in [9.17, 15) is 19.5 Å². The van der Waals surface area contributed by atoms with Gasteiger partial charge in [0, 0.05) is 6.42 Å². The van der Waals surface area contributed by atoms with E-state index in [0.29, 0.717) is 18.1 Å². The highest BCUT2D eigenvalue weighted by Crippen LogP contribution is 2.33. The van der Waals surface area contributed by atoms with E-state index in [1.807, 2.05) is 18.2 Å². The number of hydrogen-bond acceptors (Lipinski definition) is 12. The summed E-state index contributed by atoms with van der Waals surface area (Å²) >= 11 is 0. The van der Waals surface area contributed by atoms with Crippen LogP contribution < -0.4 is 9.47 Å². The van der Waals surface area contributed by atoms with Crippen LogP contribution in [0.4, 0.5) is 0 Å². The molecule has 2 fully saturated rings. The monoisotopic (exact) mass is 678 g/mol. The van der Waals surface area contributed by atoms with E-state index in [2.05, 4.69) is 0 Å². The molecule has 1 N–H and O–H groups in total. The Kier molecular flexibility index (Phi) is 13.5. The van der Waals surface area contributed by atoms with E-state index in [1.54, 1.807) is 81.6 Å². The molecule has 2 saturated heterocycles. The molecule has 0 spiro atoms. The van der Waals surface area contributed by atoms with E-state index in [1.165, 1.54) is 0 Å². The fourth-order valence-corrected chi connectivity index (χ4v) is 4.58. The molecule has 1 aromatic rings. The van der Waals surface area contributed by atoms with Crippen LogP contribution in [0.25, 0.3) is 6.08 Å². The molecule has 270 valence electrons. The third kappa shape index (κ3) is 11.2. The summed E-state index contributed by atoms with van der Waals surface area (Å²) in [5, 5.41) is 11.4. The van der Waals surface area contributed by atoms with Crippen molar-refractivity contribution in [1.82, 2.24) is 0 Å². The topological polar surface area (TPSA) is 145 Å². The van der Waals surface area contributed by atoms with Gasteiger partial charge in [-0.2, -0.15) is 0 Å². The SMILES string of the molecule is COc1cc(/C=C/CO[C@@H]2O[C@H](COC(=O)C(C)(C)C)[C@@H](OC(=O)C(C)(C)C)[C@H](OC(=O)C(C)(C)C)[C@H]2O)ccc1OC1CCCCO1. The maximum Gasteiger partial charge on any atom is 0.311 e. The molecule has 48 heavy (non-hydrogen) atoms. The zero-order valence-electron chi connectivity index (χ0n) is 30.0. The first-order chi connectivity index (χ1) is 22.3. The molecule has 2 aliphatic rings. The zero-order chi connectivity index (χ0) is 35.9. The van der Waals surface area contributed by atoms with Crippen LogP contribution in [0.15, 0.2) is 24.3 Å². The van der Waals surface area contributed by atoms with Crippen LogP contribution in [0.2, 0.25) is 0 Å². The molecule has 0 saturated carbocycles. The summed E-state index contributed by atoms with van der Waals surface area (Å²) in [4.78, 5) is 38.7. The molecular weight excluding hydrogens is 624 g/mol. The van der Waals surface area contributed by atoms with Crippen LogP contribution in [-0.4, -0.2) is 86.9 Å². The highest BCUT2D eigenvalue weighted by atomic mass is 16.7. The van der Waals surface area contributed by atoms with Gasteiger partial charge in [-0.25, -0.2) is 0 Å². The summed E-state index contributed by atoms with van der Waals surface area (Å²) in [6.07, 6.45) is -0.597. The van der Waals surface area contributed by atoms with Gasteiger partial charge in [-0.3, -0.25) is 14.4 Å². The van der Waals surface area contributed by atoms with Crippen molar-refractivity contribution in [3.63, 3.8) is 0 Å². The second kappa shape index (κ2) is 16.5. The summed E-state index contributed by atoms with van der Waals surface area (Å²) in [6, 6.07) is 5.48. The zero-order valence-corrected chi connectivity index (χ0v) is 30.0. The molecule has 0 bridgehead atoms. The van der Waals surface area contributed by atoms with Gasteiger partial charge in [0.1, 0.15) is 18.8 Å². The molecule has 1 aromatic carbocycles. The normalized spacial score (nSPS) is 25.3. The molecule has 2 aliphatic heterocycles. The number of methoxy groups -OCH3 is 1. The molecule has 3 rings (SSSR count). The first-order valence-electron chi connectivity index (χ1n) is 16.5. The minimum atomic E-state index is -1.55. The largest absolute Gasteiger partial charge is 0.493 e. The van der Waals surface area contributed by atoms with Crippen molar-refractivity contribution in [3.05, 3.63) is 29.8 Å². The van der Waals surface area contributed by atoms with Crippen LogP contribution in [-0.2, 0) is 42.8 Å². The third-order valence-corrected chi connectivity index (χ3v) is 7.57. The van der Waals surface area contributed by atoms with Crippen LogP contribution in [0.5, 0.6) is 11.5 Å². The molecule has 0 aromatic heterocycles. The minimum Gasteiger partial charge on any atom is -0.493 e. The Balaban J connectivity index is 1.80. The summed E-state index contributed by atoms with van der Waals surface area (Å²) in [6.45, 7) is 15.4. The lowest BCUT2D eigenvalue weighted by atomic mass is 9.93. The van der Waals surface area contributed by atoms with Gasteiger partial charge in [0.05, 0.1) is 36.6 Å². The summed E-state index contributed by atoms with van der Waals surface area (Å²) in [7, 11) is 1.56. The van der Waals surface area contributed by atoms with Gasteiger partial charge in [0.2, 0.25) is 0 Å². The van der Waals surface area contributed by atoms with E-state index < -0.39 is 64.9 Å². The summed E-state index contributed by atoms with van der Waals surface area (Å²) in [5.74, 6) is -0.643. The predicted molar refractivity (Wildman–Crippen MR) is 176 cm³/mol. The lowest BCUT2D eigenvalue weighted by molar-refractivity contribution is -0.306. The number of carbonyl (C=O) groups is 3. The molecule has 1 unspecified atom stereocenters. The van der Waals surface area contributed by atoms with Gasteiger partial charge >= 0.3 is 17.9 Å². The fourth-order valence-electron chi connectivity index (χ4n) is 4.58. The smallest absolute Gasteiger partial charge is 0.311 e. The van der Waals surface area contributed by atoms with Crippen molar-refractivity contribution in [2.45, 2.75) is 119 Å². The Morgan fingerprint density at radius 3 is 2.06 bits per heavy atom. The molecule has 0 amide bonds. The first-order valence-corrected chi connectivity index (χ1v) is 16.5. The fraction of sp³-hybridized carbons (Fsp3) is 0.694. The number of carbonyl (C=O) groups excluding carboxylic acids is 3. The first kappa shape index (κ1) is 39.3. The number of aliphatic hydroxyl groups excluding tert-OH is 1. The minimum absolute atomic E-state index is 0.0148. The average molecular weight is 679 g/mol. The average Bonchev–Trinajstić information content (AvgIpc) is 3.00. The standard InChI is InChI=1S/C36H54O12/c1-34(2,3)31(38)44-21-25-28(47-32(39)35(4,5)6)29(48-33(40)36(7,8)9)27(37)30(46-25)43-19-13-14-22-16-17-23(24(20-22)41-10)45-26-15-11-12-18-42-26/h13-14,16-17,20,25-30,37H,11-12,15,18-19,21H2,1-10H3/b14-13+/t25-,26?,27-,28-,29-,30-/m1/s1. The maximum atomic E-state index is 13.0. The molecule has 2 heterocycles. The Morgan fingerprint density at radius 2 is 1.50 bits per heavy atom. The Bertz CT molecular complexity index is 1260. The number of esters is 3. The van der Waals surface area contributed by atoms with E-state index >= 15 is 0 Å². The number of hydrogen-bond donors (Lipinski definition) is 1. The number of benzene rings is 1. The van der Waals surface area contributed by atoms with E-state index in [4.69, 9.17) is 37.9 Å². The van der Waals surface area contributed by atoms with Crippen molar-refractivity contribution in [1.29, 1.82) is 0 Å².